The molecule has 0 fully saturated rings. The molecule has 0 saturated heterocycles. The van der Waals surface area contributed by atoms with E-state index in [-0.39, 0.29) is 11.7 Å². The third kappa shape index (κ3) is 5.37. The van der Waals surface area contributed by atoms with E-state index < -0.39 is 0 Å². The van der Waals surface area contributed by atoms with Crippen molar-refractivity contribution in [1.29, 1.82) is 0 Å². The minimum absolute atomic E-state index is 0.189. The molecule has 2 heterocycles. The molecule has 0 radical (unpaired) electrons. The third-order valence-electron chi connectivity index (χ3n) is 4.85. The zero-order valence-corrected chi connectivity index (χ0v) is 17.4. The Balaban J connectivity index is 1.37. The molecule has 0 saturated carbocycles. The molecule has 0 bridgehead atoms. The predicted molar refractivity (Wildman–Crippen MR) is 120 cm³/mol. The molecular formula is C25H23FN4O2. The maximum absolute atomic E-state index is 12.9. The smallest absolute Gasteiger partial charge is 0.255 e. The van der Waals surface area contributed by atoms with Gasteiger partial charge in [0.15, 0.2) is 0 Å². The largest absolute Gasteiger partial charge is 0.494 e. The van der Waals surface area contributed by atoms with Crippen LogP contribution in [-0.2, 0) is 0 Å². The number of rotatable bonds is 9. The average molecular weight is 430 g/mol. The second-order valence-electron chi connectivity index (χ2n) is 7.18. The Bertz CT molecular complexity index is 1150. The Morgan fingerprint density at radius 3 is 2.56 bits per heavy atom. The Labute approximate surface area is 185 Å². The minimum Gasteiger partial charge on any atom is -0.494 e. The highest BCUT2D eigenvalue weighted by atomic mass is 19.1. The van der Waals surface area contributed by atoms with Gasteiger partial charge in [-0.05, 0) is 61.4 Å². The summed E-state index contributed by atoms with van der Waals surface area (Å²) in [5, 5.41) is 7.60. The molecule has 1 N–H and O–H groups in total. The van der Waals surface area contributed by atoms with Crippen LogP contribution in [0, 0.1) is 5.82 Å². The Kier molecular flexibility index (Phi) is 6.87. The minimum atomic E-state index is -0.290. The highest BCUT2D eigenvalue weighted by Crippen LogP contribution is 2.23. The van der Waals surface area contributed by atoms with E-state index in [2.05, 4.69) is 15.4 Å². The van der Waals surface area contributed by atoms with Gasteiger partial charge in [0.1, 0.15) is 17.3 Å². The number of nitrogens with one attached hydrogen (secondary N) is 1. The molecule has 2 aromatic carbocycles. The second-order valence-corrected chi connectivity index (χ2v) is 7.18. The first-order valence-corrected chi connectivity index (χ1v) is 10.4. The standard InChI is InChI=1S/C25H23FN4O2/c26-20-10-12-22(13-11-20)32-16-5-4-15-28-25(31)23-18-30(21-8-2-1-3-9-21)29-24(23)19-7-6-14-27-17-19/h1-3,6-14,17-18H,4-5,15-16H2,(H,28,31). The summed E-state index contributed by atoms with van der Waals surface area (Å²) >= 11 is 0. The van der Waals surface area contributed by atoms with E-state index in [1.165, 1.54) is 12.1 Å². The van der Waals surface area contributed by atoms with Crippen LogP contribution in [0.5, 0.6) is 5.75 Å². The number of aromatic nitrogens is 3. The molecular weight excluding hydrogens is 407 g/mol. The first-order valence-electron chi connectivity index (χ1n) is 10.4. The summed E-state index contributed by atoms with van der Waals surface area (Å²) in [6, 6.07) is 19.3. The van der Waals surface area contributed by atoms with Crippen LogP contribution in [0.4, 0.5) is 4.39 Å². The third-order valence-corrected chi connectivity index (χ3v) is 4.85. The highest BCUT2D eigenvalue weighted by molar-refractivity contribution is 5.99. The van der Waals surface area contributed by atoms with E-state index in [1.54, 1.807) is 35.4 Å². The molecule has 4 rings (SSSR count). The number of hydrogen-bond donors (Lipinski definition) is 1. The van der Waals surface area contributed by atoms with Crippen molar-refractivity contribution in [3.63, 3.8) is 0 Å². The average Bonchev–Trinajstić information content (AvgIpc) is 3.29. The van der Waals surface area contributed by atoms with Gasteiger partial charge in [0.2, 0.25) is 0 Å². The molecule has 1 amide bonds. The van der Waals surface area contributed by atoms with Gasteiger partial charge in [0, 0.05) is 30.7 Å². The molecule has 0 atom stereocenters. The van der Waals surface area contributed by atoms with E-state index in [0.717, 1.165) is 24.1 Å². The fourth-order valence-electron chi connectivity index (χ4n) is 3.21. The Morgan fingerprint density at radius 1 is 1.00 bits per heavy atom. The van der Waals surface area contributed by atoms with Crippen LogP contribution in [0.15, 0.2) is 85.3 Å². The quantitative estimate of drug-likeness (QED) is 0.392. The first kappa shape index (κ1) is 21.2. The maximum Gasteiger partial charge on any atom is 0.255 e. The maximum atomic E-state index is 12.9. The van der Waals surface area contributed by atoms with Gasteiger partial charge < -0.3 is 10.1 Å². The van der Waals surface area contributed by atoms with Crippen LogP contribution in [0.2, 0.25) is 0 Å². The van der Waals surface area contributed by atoms with Crippen molar-refractivity contribution < 1.29 is 13.9 Å². The molecule has 7 heteroatoms. The summed E-state index contributed by atoms with van der Waals surface area (Å²) in [6.07, 6.45) is 6.63. The lowest BCUT2D eigenvalue weighted by Crippen LogP contribution is -2.25. The van der Waals surface area contributed by atoms with Crippen molar-refractivity contribution >= 4 is 5.91 Å². The van der Waals surface area contributed by atoms with Crippen molar-refractivity contribution in [2.24, 2.45) is 0 Å². The van der Waals surface area contributed by atoms with Crippen LogP contribution in [0.3, 0.4) is 0 Å². The zero-order chi connectivity index (χ0) is 22.2. The second kappa shape index (κ2) is 10.3. The summed E-state index contributed by atoms with van der Waals surface area (Å²) in [6.45, 7) is 1.00. The SMILES string of the molecule is O=C(NCCCCOc1ccc(F)cc1)c1cn(-c2ccccc2)nc1-c1cccnc1. The van der Waals surface area contributed by atoms with E-state index in [0.29, 0.717) is 30.2 Å². The number of carbonyl (C=O) groups is 1. The van der Waals surface area contributed by atoms with Gasteiger partial charge in [-0.2, -0.15) is 5.10 Å². The van der Waals surface area contributed by atoms with Crippen molar-refractivity contribution in [3.05, 3.63) is 96.7 Å². The summed E-state index contributed by atoms with van der Waals surface area (Å²) in [4.78, 5) is 17.1. The summed E-state index contributed by atoms with van der Waals surface area (Å²) < 4.78 is 20.2. The van der Waals surface area contributed by atoms with Crippen LogP contribution in [-0.4, -0.2) is 33.8 Å². The van der Waals surface area contributed by atoms with Gasteiger partial charge in [-0.15, -0.1) is 0 Å². The lowest BCUT2D eigenvalue weighted by atomic mass is 10.1. The molecule has 0 unspecified atom stereocenters. The number of amides is 1. The Morgan fingerprint density at radius 2 is 1.81 bits per heavy atom. The van der Waals surface area contributed by atoms with Gasteiger partial charge in [0.25, 0.3) is 5.91 Å². The van der Waals surface area contributed by atoms with Crippen molar-refractivity contribution in [1.82, 2.24) is 20.1 Å². The van der Waals surface area contributed by atoms with Gasteiger partial charge >= 0.3 is 0 Å². The number of para-hydroxylation sites is 1. The molecule has 2 aromatic heterocycles. The van der Waals surface area contributed by atoms with E-state index in [1.807, 2.05) is 42.5 Å². The highest BCUT2D eigenvalue weighted by Gasteiger charge is 2.18. The number of ether oxygens (including phenoxy) is 1. The van der Waals surface area contributed by atoms with Crippen LogP contribution < -0.4 is 10.1 Å². The number of pyridine rings is 1. The van der Waals surface area contributed by atoms with Crippen LogP contribution >= 0.6 is 0 Å². The number of nitrogens with zero attached hydrogens (tertiary/aromatic N) is 3. The van der Waals surface area contributed by atoms with E-state index in [9.17, 15) is 9.18 Å². The summed E-state index contributed by atoms with van der Waals surface area (Å²) in [7, 11) is 0. The molecule has 32 heavy (non-hydrogen) atoms. The molecule has 0 aliphatic rings. The van der Waals surface area contributed by atoms with Crippen molar-refractivity contribution in [2.75, 3.05) is 13.2 Å². The van der Waals surface area contributed by atoms with E-state index in [4.69, 9.17) is 4.74 Å². The molecule has 0 spiro atoms. The zero-order valence-electron chi connectivity index (χ0n) is 17.4. The molecule has 4 aromatic rings. The summed E-state index contributed by atoms with van der Waals surface area (Å²) in [5.41, 5.74) is 2.72. The van der Waals surface area contributed by atoms with E-state index >= 15 is 0 Å². The van der Waals surface area contributed by atoms with Crippen LogP contribution in [0.1, 0.15) is 23.2 Å². The lowest BCUT2D eigenvalue weighted by Gasteiger charge is -2.07. The first-order chi connectivity index (χ1) is 15.7. The lowest BCUT2D eigenvalue weighted by molar-refractivity contribution is 0.0953. The molecule has 6 nitrogen and oxygen atoms in total. The number of halogens is 1. The molecule has 0 aliphatic carbocycles. The topological polar surface area (TPSA) is 69.0 Å². The number of carbonyl (C=O) groups excluding carboxylic acids is 1. The van der Waals surface area contributed by atoms with Gasteiger partial charge in [-0.3, -0.25) is 9.78 Å². The van der Waals surface area contributed by atoms with Crippen molar-refractivity contribution in [3.8, 4) is 22.7 Å². The fraction of sp³-hybridized carbons (Fsp3) is 0.160. The monoisotopic (exact) mass is 430 g/mol. The normalized spacial score (nSPS) is 10.7. The molecule has 0 aliphatic heterocycles. The number of unbranched alkanes of at least 4 members (excludes halogenated alkanes) is 1. The predicted octanol–water partition coefficient (Wildman–Crippen LogP) is 4.66. The number of benzene rings is 2. The fourth-order valence-corrected chi connectivity index (χ4v) is 3.21. The van der Waals surface area contributed by atoms with Crippen molar-refractivity contribution in [2.45, 2.75) is 12.8 Å². The van der Waals surface area contributed by atoms with Gasteiger partial charge in [-0.25, -0.2) is 9.07 Å². The number of hydrogen-bond acceptors (Lipinski definition) is 4. The molecule has 162 valence electrons. The van der Waals surface area contributed by atoms with Gasteiger partial charge in [-0.1, -0.05) is 18.2 Å². The summed E-state index contributed by atoms with van der Waals surface area (Å²) in [5.74, 6) is 0.150. The van der Waals surface area contributed by atoms with Gasteiger partial charge in [0.05, 0.1) is 17.9 Å². The van der Waals surface area contributed by atoms with Crippen LogP contribution in [0.25, 0.3) is 16.9 Å². The Hall–Kier alpha value is -4.00.